The summed E-state index contributed by atoms with van der Waals surface area (Å²) in [6, 6.07) is 1.80. The largest absolute Gasteiger partial charge is 0.361 e. The third-order valence-electron chi connectivity index (χ3n) is 1.96. The summed E-state index contributed by atoms with van der Waals surface area (Å²) in [5.41, 5.74) is 0.740. The fourth-order valence-electron chi connectivity index (χ4n) is 1.08. The van der Waals surface area contributed by atoms with Crippen molar-refractivity contribution in [3.8, 4) is 0 Å². The molecule has 84 valence electrons. The topological polar surface area (TPSA) is 55.1 Å². The van der Waals surface area contributed by atoms with Crippen molar-refractivity contribution >= 4 is 21.8 Å². The Labute approximate surface area is 97.5 Å². The summed E-state index contributed by atoms with van der Waals surface area (Å²) in [5, 5.41) is 6.57. The molecule has 0 aliphatic heterocycles. The normalized spacial score (nSPS) is 12.9. The number of hydrogen-bond acceptors (Lipinski definition) is 3. The number of carbonyl (C=O) groups is 1. The van der Waals surface area contributed by atoms with Crippen molar-refractivity contribution in [3.05, 3.63) is 17.5 Å². The zero-order valence-corrected chi connectivity index (χ0v) is 10.7. The first kappa shape index (κ1) is 12.2. The van der Waals surface area contributed by atoms with Gasteiger partial charge in [0.05, 0.1) is 11.4 Å². The van der Waals surface area contributed by atoms with Crippen LogP contribution in [0.15, 0.2) is 10.6 Å². The van der Waals surface area contributed by atoms with Gasteiger partial charge < -0.3 is 9.84 Å². The summed E-state index contributed by atoms with van der Waals surface area (Å²) >= 11 is 3.33. The fraction of sp³-hybridized carbons (Fsp3) is 0.600. The van der Waals surface area contributed by atoms with E-state index in [0.717, 1.165) is 11.5 Å². The second-order valence-corrected chi connectivity index (χ2v) is 4.78. The molecule has 1 amide bonds. The highest BCUT2D eigenvalue weighted by molar-refractivity contribution is 9.10. The minimum atomic E-state index is -0.162. The standard InChI is InChI=1S/C10H15BrN2O2/c1-6(2)9(11)10(14)12-5-8-4-7(3)15-13-8/h4,6,9H,5H2,1-3H3,(H,12,14). The molecule has 1 rings (SSSR count). The molecule has 0 saturated heterocycles. The Morgan fingerprint density at radius 3 is 2.80 bits per heavy atom. The molecule has 1 unspecified atom stereocenters. The van der Waals surface area contributed by atoms with Gasteiger partial charge in [-0.3, -0.25) is 4.79 Å². The second kappa shape index (κ2) is 5.30. The summed E-state index contributed by atoms with van der Waals surface area (Å²) in [6.45, 7) is 6.20. The first-order valence-corrected chi connectivity index (χ1v) is 5.76. The summed E-state index contributed by atoms with van der Waals surface area (Å²) < 4.78 is 4.89. The van der Waals surface area contributed by atoms with Gasteiger partial charge in [0.2, 0.25) is 5.91 Å². The number of rotatable bonds is 4. The van der Waals surface area contributed by atoms with Crippen molar-refractivity contribution in [2.45, 2.75) is 32.1 Å². The first-order valence-electron chi connectivity index (χ1n) is 4.84. The lowest BCUT2D eigenvalue weighted by Gasteiger charge is -2.12. The predicted octanol–water partition coefficient (Wildman–Crippen LogP) is 2.02. The van der Waals surface area contributed by atoms with Crippen molar-refractivity contribution in [1.29, 1.82) is 0 Å². The SMILES string of the molecule is Cc1cc(CNC(=O)C(Br)C(C)C)no1. The van der Waals surface area contributed by atoms with Gasteiger partial charge in [-0.25, -0.2) is 0 Å². The molecule has 0 aliphatic carbocycles. The van der Waals surface area contributed by atoms with Crippen LogP contribution in [0.2, 0.25) is 0 Å². The van der Waals surface area contributed by atoms with Crippen molar-refractivity contribution in [2.24, 2.45) is 5.92 Å². The number of nitrogens with one attached hydrogen (secondary N) is 1. The second-order valence-electron chi connectivity index (χ2n) is 3.79. The van der Waals surface area contributed by atoms with Gasteiger partial charge in [-0.1, -0.05) is 34.9 Å². The lowest BCUT2D eigenvalue weighted by Crippen LogP contribution is -2.33. The van der Waals surface area contributed by atoms with Crippen LogP contribution < -0.4 is 5.32 Å². The maximum Gasteiger partial charge on any atom is 0.234 e. The van der Waals surface area contributed by atoms with Gasteiger partial charge in [-0.2, -0.15) is 0 Å². The molecule has 1 N–H and O–H groups in total. The highest BCUT2D eigenvalue weighted by atomic mass is 79.9. The van der Waals surface area contributed by atoms with E-state index in [-0.39, 0.29) is 16.7 Å². The molecule has 1 atom stereocenters. The maximum atomic E-state index is 11.5. The minimum Gasteiger partial charge on any atom is -0.361 e. The van der Waals surface area contributed by atoms with E-state index in [9.17, 15) is 4.79 Å². The molecule has 0 aromatic carbocycles. The Hall–Kier alpha value is -0.840. The smallest absolute Gasteiger partial charge is 0.234 e. The summed E-state index contributed by atoms with van der Waals surface area (Å²) in [4.78, 5) is 11.4. The van der Waals surface area contributed by atoms with Gasteiger partial charge in [0.15, 0.2) is 0 Å². The van der Waals surface area contributed by atoms with Crippen LogP contribution in [-0.4, -0.2) is 15.9 Å². The van der Waals surface area contributed by atoms with Crippen LogP contribution in [0.1, 0.15) is 25.3 Å². The minimum absolute atomic E-state index is 0.0225. The van der Waals surface area contributed by atoms with Gasteiger partial charge in [0, 0.05) is 6.07 Å². The molecule has 0 spiro atoms. The van der Waals surface area contributed by atoms with Crippen LogP contribution >= 0.6 is 15.9 Å². The summed E-state index contributed by atoms with van der Waals surface area (Å²) in [5.74, 6) is 0.994. The number of aryl methyl sites for hydroxylation is 1. The highest BCUT2D eigenvalue weighted by Gasteiger charge is 2.18. The Bertz CT molecular complexity index is 336. The Kier molecular flexibility index (Phi) is 4.32. The quantitative estimate of drug-likeness (QED) is 0.855. The molecular weight excluding hydrogens is 260 g/mol. The number of nitrogens with zero attached hydrogens (tertiary/aromatic N) is 1. The molecule has 1 heterocycles. The van der Waals surface area contributed by atoms with Crippen molar-refractivity contribution < 1.29 is 9.32 Å². The summed E-state index contributed by atoms with van der Waals surface area (Å²) in [6.07, 6.45) is 0. The monoisotopic (exact) mass is 274 g/mol. The number of hydrogen-bond donors (Lipinski definition) is 1. The lowest BCUT2D eigenvalue weighted by molar-refractivity contribution is -0.121. The number of aromatic nitrogens is 1. The molecule has 0 aliphatic rings. The summed E-state index contributed by atoms with van der Waals surface area (Å²) in [7, 11) is 0. The van der Waals surface area contributed by atoms with Crippen LogP contribution in [0.5, 0.6) is 0 Å². The molecule has 0 radical (unpaired) electrons. The Balaban J connectivity index is 2.40. The molecule has 0 saturated carbocycles. The van der Waals surface area contributed by atoms with E-state index in [1.54, 1.807) is 6.07 Å². The molecule has 15 heavy (non-hydrogen) atoms. The van der Waals surface area contributed by atoms with E-state index in [1.165, 1.54) is 0 Å². The van der Waals surface area contributed by atoms with Gasteiger partial charge >= 0.3 is 0 Å². The van der Waals surface area contributed by atoms with E-state index in [0.29, 0.717) is 6.54 Å². The van der Waals surface area contributed by atoms with Crippen LogP contribution in [0, 0.1) is 12.8 Å². The number of carbonyl (C=O) groups excluding carboxylic acids is 1. The third kappa shape index (κ3) is 3.66. The molecule has 5 heteroatoms. The van der Waals surface area contributed by atoms with E-state index in [1.807, 2.05) is 20.8 Å². The van der Waals surface area contributed by atoms with E-state index >= 15 is 0 Å². The van der Waals surface area contributed by atoms with Crippen LogP contribution in [-0.2, 0) is 11.3 Å². The average molecular weight is 275 g/mol. The lowest BCUT2D eigenvalue weighted by atomic mass is 10.1. The van der Waals surface area contributed by atoms with Crippen LogP contribution in [0.25, 0.3) is 0 Å². The third-order valence-corrected chi connectivity index (χ3v) is 3.43. The maximum absolute atomic E-state index is 11.5. The van der Waals surface area contributed by atoms with Crippen molar-refractivity contribution in [3.63, 3.8) is 0 Å². The Morgan fingerprint density at radius 2 is 2.33 bits per heavy atom. The van der Waals surface area contributed by atoms with Crippen molar-refractivity contribution in [2.75, 3.05) is 0 Å². The van der Waals surface area contributed by atoms with Gasteiger partial charge in [-0.05, 0) is 12.8 Å². The van der Waals surface area contributed by atoms with E-state index in [4.69, 9.17) is 4.52 Å². The Morgan fingerprint density at radius 1 is 1.67 bits per heavy atom. The van der Waals surface area contributed by atoms with Crippen LogP contribution in [0.4, 0.5) is 0 Å². The number of halogens is 1. The number of amides is 1. The average Bonchev–Trinajstić information content (AvgIpc) is 2.59. The molecule has 4 nitrogen and oxygen atoms in total. The molecule has 0 fully saturated rings. The molecular formula is C10H15BrN2O2. The highest BCUT2D eigenvalue weighted by Crippen LogP contribution is 2.12. The molecule has 0 bridgehead atoms. The fourth-order valence-corrected chi connectivity index (χ4v) is 1.24. The zero-order valence-electron chi connectivity index (χ0n) is 9.08. The zero-order chi connectivity index (χ0) is 11.4. The van der Waals surface area contributed by atoms with Crippen molar-refractivity contribution in [1.82, 2.24) is 10.5 Å². The van der Waals surface area contributed by atoms with Crippen LogP contribution in [0.3, 0.4) is 0 Å². The van der Waals surface area contributed by atoms with Gasteiger partial charge in [0.25, 0.3) is 0 Å². The van der Waals surface area contributed by atoms with Gasteiger partial charge in [-0.15, -0.1) is 0 Å². The molecule has 1 aromatic heterocycles. The predicted molar refractivity (Wildman–Crippen MR) is 60.6 cm³/mol. The van der Waals surface area contributed by atoms with E-state index in [2.05, 4.69) is 26.4 Å². The molecule has 1 aromatic rings. The van der Waals surface area contributed by atoms with E-state index < -0.39 is 0 Å². The van der Waals surface area contributed by atoms with Gasteiger partial charge in [0.1, 0.15) is 11.5 Å². The number of alkyl halides is 1. The first-order chi connectivity index (χ1) is 7.00.